The summed E-state index contributed by atoms with van der Waals surface area (Å²) >= 11 is 5.98. The monoisotopic (exact) mass is 1920 g/mol. The zero-order valence-corrected chi connectivity index (χ0v) is 74.5. The molecule has 52 heteroatoms. The van der Waals surface area contributed by atoms with Crippen LogP contribution in [0.1, 0.15) is 49.1 Å². The van der Waals surface area contributed by atoms with Crippen molar-refractivity contribution in [2.45, 2.75) is 87.8 Å². The van der Waals surface area contributed by atoms with Crippen LogP contribution < -0.4 is 53.7 Å². The van der Waals surface area contributed by atoms with Crippen molar-refractivity contribution < 1.29 is 142 Å². The van der Waals surface area contributed by atoms with Crippen LogP contribution in [0.3, 0.4) is 0 Å². The molecule has 0 bridgehead atoms. The van der Waals surface area contributed by atoms with Crippen LogP contribution in [0.2, 0.25) is 0 Å². The first-order valence-corrected chi connectivity index (χ1v) is 46.2. The van der Waals surface area contributed by atoms with Gasteiger partial charge in [0.15, 0.2) is 58.0 Å². The number of alkyl halides is 2. The van der Waals surface area contributed by atoms with Crippen LogP contribution in [-0.2, 0) is 109 Å². The lowest BCUT2D eigenvalue weighted by Gasteiger charge is -2.29. The van der Waals surface area contributed by atoms with Gasteiger partial charge in [-0.3, -0.25) is 60.8 Å². The molecule has 3 fully saturated rings. The number of aromatic nitrogens is 8. The molecule has 4 aromatic heterocycles. The highest BCUT2D eigenvalue weighted by Crippen LogP contribution is 2.65. The number of phenols is 1. The van der Waals surface area contributed by atoms with E-state index in [1.165, 1.54) is 49.4 Å². The molecule has 8 heterocycles. The molecule has 712 valence electrons. The minimum Gasteiger partial charge on any atom is -0.508 e. The van der Waals surface area contributed by atoms with Crippen LogP contribution in [0.4, 0.5) is 26.0 Å². The molecule has 4 aliphatic heterocycles. The van der Waals surface area contributed by atoms with Gasteiger partial charge in [0.05, 0.1) is 111 Å². The number of fused-ring (bicyclic) bond motifs is 6. The number of nitrogen functional groups attached to an aromatic ring is 1. The van der Waals surface area contributed by atoms with Crippen LogP contribution in [0.15, 0.2) is 113 Å². The number of carbonyl (C=O) groups excluding carboxylic acids is 6. The fourth-order valence-electron chi connectivity index (χ4n) is 13.5. The van der Waals surface area contributed by atoms with Gasteiger partial charge in [-0.05, 0) is 96.1 Å². The number of thiocarbonyl (C=S) groups is 1. The average Bonchev–Trinajstić information content (AvgIpc) is 1.31. The number of phosphoric ester groups is 1. The number of aromatic carboxylic acids is 1. The molecule has 12 atom stereocenters. The third-order valence-electron chi connectivity index (χ3n) is 19.9. The molecule has 132 heavy (non-hydrogen) atoms. The van der Waals surface area contributed by atoms with Gasteiger partial charge in [-0.15, -0.1) is 0 Å². The van der Waals surface area contributed by atoms with Crippen LogP contribution >= 0.6 is 38.2 Å². The number of benzene rings is 4. The van der Waals surface area contributed by atoms with Crippen molar-refractivity contribution in [1.82, 2.24) is 70.9 Å². The Labute approximate surface area is 758 Å². The first-order chi connectivity index (χ1) is 63.5. The minimum atomic E-state index is -5.29. The Morgan fingerprint density at radius 3 is 1.69 bits per heavy atom. The van der Waals surface area contributed by atoms with E-state index < -0.39 is 137 Å². The van der Waals surface area contributed by atoms with E-state index >= 15 is 13.3 Å². The summed E-state index contributed by atoms with van der Waals surface area (Å²) in [6.07, 6.45) is -10.7. The standard InChI is InChI=1S/C80H97F2N17O29P2S2/c1-44(2)66(76(108)94-45(3)74(106)95-47-6-4-46(5-7-47)39-132-130(113)123-34-58-69(64(81)77(126-58)98-42-92-67-71(83)88-40-89-72(67)98)127-129(111,112)122-33-57-70(128-130)65(82)78(125-57)99-43-93-68-73(99)90-41-91-75(68)107)97-62(105)38-121-29-25-116-20-16-86-60(103)36-119-27-23-114-18-14-84-59(102)35-118-26-22-115-19-15-85-61(104)37-120-28-24-117-21-17-87-80(131)96-48-8-11-51(54(30-48)79(109)110)63-52-12-9-49(100)31-55(52)124-56-32-50(101)10-13-53(56)63/h4-13,30-32,40-45,57-58,64-66,69-70,77-78,100H,14-29,33-39H2,1-3H3,(H,84,102)(H,85,104)(H,86,103)(H,94,108)(H,95,106)(H,97,105)(H,109,110)(H,111,112)(H2,83,88,89)(H2,87,96,131)(H,90,91,107)/t45-,57+,58+,64+,65+,66-,69+,70+,77+,78+,130?/m0/s1. The maximum atomic E-state index is 17.0. The molecular formula is C80H97F2N17O29P2S2. The number of aromatic hydroxyl groups is 2. The SMILES string of the molecule is CC(C)[C@H](NC(=O)COCCOCCNC(=O)COCCOCCNC(=O)COCCOCCNC(=O)COCCOCCNC(=S)Nc1ccc(-c2c3ccc(=O)cc-3oc3cc(O)ccc23)c(C(=O)O)c1)C(=O)N[C@@H](C)C(=O)Nc1ccc(CSP2(=O)OC[C@H]3O[C@@H](n4cnc5c(N)ncnc54)[C@H](F)[C@@H]3OP(=O)(O)OC[C@H]3O[C@@H](n4cnc5c(O)ncnc54)[C@H](F)[C@@H]3O2)cc1. The summed E-state index contributed by atoms with van der Waals surface area (Å²) in [5.41, 5.74) is 8.25. The molecule has 2 unspecified atom stereocenters. The maximum Gasteiger partial charge on any atom is 0.472 e. The number of carboxylic acids is 1. The van der Waals surface area contributed by atoms with Gasteiger partial charge in [0.25, 0.3) is 0 Å². The number of halogens is 2. The fraction of sp³-hybridized carbons (Fsp3) is 0.463. The second kappa shape index (κ2) is 48.0. The van der Waals surface area contributed by atoms with E-state index in [9.17, 15) is 63.1 Å². The van der Waals surface area contributed by atoms with Gasteiger partial charge in [-0.2, -0.15) is 4.98 Å². The Kier molecular flexibility index (Phi) is 36.3. The van der Waals surface area contributed by atoms with E-state index in [2.05, 4.69) is 72.4 Å². The van der Waals surface area contributed by atoms with Crippen LogP contribution in [0.25, 0.3) is 55.7 Å². The third kappa shape index (κ3) is 27.8. The number of ether oxygens (including phenoxy) is 10. The molecular weight excluding hydrogens is 1830 g/mol. The Balaban J connectivity index is 0.452. The van der Waals surface area contributed by atoms with Crippen LogP contribution in [0.5, 0.6) is 11.6 Å². The fourth-order valence-corrected chi connectivity index (χ4v) is 18.0. The highest BCUT2D eigenvalue weighted by Gasteiger charge is 2.56. The Hall–Kier alpha value is -11.1. The molecule has 0 radical (unpaired) electrons. The number of carboxylic acid groups (broad SMARTS) is 1. The highest BCUT2D eigenvalue weighted by molar-refractivity contribution is 8.54. The van der Waals surface area contributed by atoms with E-state index in [0.29, 0.717) is 51.3 Å². The van der Waals surface area contributed by atoms with Crippen molar-refractivity contribution >= 4 is 135 Å². The average molecular weight is 1920 g/mol. The van der Waals surface area contributed by atoms with Crippen LogP contribution in [0, 0.1) is 5.92 Å². The lowest BCUT2D eigenvalue weighted by Crippen LogP contribution is -2.54. The highest BCUT2D eigenvalue weighted by atomic mass is 32.7. The first-order valence-electron chi connectivity index (χ1n) is 41.1. The van der Waals surface area contributed by atoms with E-state index in [-0.39, 0.29) is 203 Å². The summed E-state index contributed by atoms with van der Waals surface area (Å²) in [5, 5.41) is 53.3. The summed E-state index contributed by atoms with van der Waals surface area (Å²) in [6, 6.07) is 17.3. The molecule has 6 amide bonds. The van der Waals surface area contributed by atoms with E-state index in [0.717, 1.165) is 34.4 Å². The summed E-state index contributed by atoms with van der Waals surface area (Å²) in [4.78, 5) is 136. The molecule has 3 saturated heterocycles. The number of imidazole rings is 2. The zero-order valence-electron chi connectivity index (χ0n) is 71.0. The Morgan fingerprint density at radius 2 is 1.11 bits per heavy atom. The number of amides is 6. The number of hydrogen-bond donors (Lipinski definition) is 13. The number of nitrogens with one attached hydrogen (secondary N) is 8. The van der Waals surface area contributed by atoms with Gasteiger partial charge in [-0.25, -0.2) is 47.6 Å². The van der Waals surface area contributed by atoms with E-state index in [4.69, 9.17) is 87.8 Å². The third-order valence-corrected chi connectivity index (χ3v) is 24.7. The zero-order chi connectivity index (χ0) is 94.0. The molecule has 0 saturated carbocycles. The molecule has 7 aromatic rings. The second-order valence-electron chi connectivity index (χ2n) is 29.7. The number of phosphoric acid groups is 1. The smallest absolute Gasteiger partial charge is 0.472 e. The summed E-state index contributed by atoms with van der Waals surface area (Å²) < 4.78 is 149. The van der Waals surface area contributed by atoms with Crippen LogP contribution in [-0.4, -0.2) is 300 Å². The first kappa shape index (κ1) is 99.9. The summed E-state index contributed by atoms with van der Waals surface area (Å²) in [6.45, 7) is -0.363. The number of carbonyl (C=O) groups is 7. The number of nitrogens with two attached hydrogens (primary N) is 1. The van der Waals surface area contributed by atoms with Crippen molar-refractivity contribution in [3.05, 3.63) is 126 Å². The second-order valence-corrected chi connectivity index (χ2v) is 35.6. The van der Waals surface area contributed by atoms with Crippen molar-refractivity contribution in [3.8, 4) is 34.1 Å². The lowest BCUT2D eigenvalue weighted by atomic mass is 9.90. The molecule has 12 rings (SSSR count). The number of phenolic OH excluding ortho intramolecular Hbond substituents is 1. The van der Waals surface area contributed by atoms with Crippen molar-refractivity contribution in [2.24, 2.45) is 5.92 Å². The largest absolute Gasteiger partial charge is 0.508 e. The number of nitrogens with zero attached hydrogens (tertiary/aromatic N) is 8. The Morgan fingerprint density at radius 1 is 0.583 bits per heavy atom. The van der Waals surface area contributed by atoms with E-state index in [1.54, 1.807) is 50.2 Å². The van der Waals surface area contributed by atoms with Crippen molar-refractivity contribution in [3.63, 3.8) is 0 Å². The predicted molar refractivity (Wildman–Crippen MR) is 467 cm³/mol. The number of rotatable bonds is 46. The van der Waals surface area contributed by atoms with Crippen molar-refractivity contribution in [1.29, 1.82) is 0 Å². The molecule has 46 nitrogen and oxygen atoms in total. The molecule has 14 N–H and O–H groups in total. The molecule has 0 spiro atoms. The van der Waals surface area contributed by atoms with E-state index in [1.807, 2.05) is 0 Å². The molecule has 3 aromatic carbocycles. The van der Waals surface area contributed by atoms with Gasteiger partial charge in [0.1, 0.15) is 98.2 Å². The maximum absolute atomic E-state index is 17.0. The number of hydrogen-bond acceptors (Lipinski definition) is 36. The predicted octanol–water partition coefficient (Wildman–Crippen LogP) is 3.72. The summed E-state index contributed by atoms with van der Waals surface area (Å²) in [5.74, 6) is -5.33. The topological polar surface area (TPSA) is 603 Å². The quantitative estimate of drug-likeness (QED) is 0.0112. The van der Waals surface area contributed by atoms with Gasteiger partial charge < -0.3 is 120 Å². The van der Waals surface area contributed by atoms with Gasteiger partial charge in [0, 0.05) is 72.0 Å². The van der Waals surface area contributed by atoms with Gasteiger partial charge in [0.2, 0.25) is 41.3 Å². The van der Waals surface area contributed by atoms with Gasteiger partial charge >= 0.3 is 20.6 Å². The lowest BCUT2D eigenvalue weighted by molar-refractivity contribution is -0.133. The Bertz CT molecular complexity index is 5640. The normalized spacial score (nSPS) is 20.8. The molecule has 5 aliphatic rings. The van der Waals surface area contributed by atoms with Crippen molar-refractivity contribution in [2.75, 3.05) is 161 Å². The minimum absolute atomic E-state index is 0.00866. The molecule has 1 aliphatic carbocycles. The van der Waals surface area contributed by atoms with Gasteiger partial charge in [-0.1, -0.05) is 32.0 Å². The number of anilines is 3. The summed E-state index contributed by atoms with van der Waals surface area (Å²) in [7, 11) is -5.29.